The summed E-state index contributed by atoms with van der Waals surface area (Å²) >= 11 is 0. The van der Waals surface area contributed by atoms with Crippen LogP contribution in [0.4, 0.5) is 0 Å². The molecule has 0 saturated carbocycles. The van der Waals surface area contributed by atoms with Crippen LogP contribution in [0.25, 0.3) is 0 Å². The summed E-state index contributed by atoms with van der Waals surface area (Å²) in [5, 5.41) is 0. The van der Waals surface area contributed by atoms with Gasteiger partial charge in [-0.25, -0.2) is 4.98 Å². The van der Waals surface area contributed by atoms with E-state index in [1.54, 1.807) is 24.3 Å². The van der Waals surface area contributed by atoms with Gasteiger partial charge in [-0.05, 0) is 6.07 Å². The number of hydrogen-bond donors (Lipinski definition) is 0. The Bertz CT molecular complexity index is 564. The van der Waals surface area contributed by atoms with Crippen LogP contribution in [0.2, 0.25) is 0 Å². The first-order valence-corrected chi connectivity index (χ1v) is 6.07. The quantitative estimate of drug-likeness (QED) is 0.586. The van der Waals surface area contributed by atoms with E-state index < -0.39 is 0 Å². The van der Waals surface area contributed by atoms with Gasteiger partial charge in [-0.15, -0.1) is 0 Å². The maximum Gasteiger partial charge on any atom is 0.213 e. The number of aromatic nitrogens is 1. The molecule has 0 unspecified atom stereocenters. The van der Waals surface area contributed by atoms with Crippen LogP contribution < -0.4 is 4.74 Å². The predicted octanol–water partition coefficient (Wildman–Crippen LogP) is 3.07. The van der Waals surface area contributed by atoms with E-state index in [4.69, 9.17) is 4.74 Å². The summed E-state index contributed by atoms with van der Waals surface area (Å²) in [5.41, 5.74) is 1.40. The van der Waals surface area contributed by atoms with Crippen LogP contribution in [0.1, 0.15) is 16.1 Å². The summed E-state index contributed by atoms with van der Waals surface area (Å²) in [6.07, 6.45) is 1.93. The van der Waals surface area contributed by atoms with Gasteiger partial charge in [0.2, 0.25) is 5.88 Å². The van der Waals surface area contributed by atoms with E-state index in [9.17, 15) is 4.79 Å². The standard InChI is InChI=1S/C16H15NO2/c1-2-11-19-16-10-6-9-14(17-16)12-15(18)13-7-4-3-5-8-13/h2-10H,1,11-12H2. The maximum absolute atomic E-state index is 12.0. The van der Waals surface area contributed by atoms with Gasteiger partial charge in [0.1, 0.15) is 6.61 Å². The average Bonchev–Trinajstić information content (AvgIpc) is 2.46. The van der Waals surface area contributed by atoms with E-state index in [-0.39, 0.29) is 12.2 Å². The molecule has 0 aliphatic carbocycles. The van der Waals surface area contributed by atoms with Crippen molar-refractivity contribution in [2.24, 2.45) is 0 Å². The summed E-state index contributed by atoms with van der Waals surface area (Å²) in [4.78, 5) is 16.3. The summed E-state index contributed by atoms with van der Waals surface area (Å²) in [6, 6.07) is 14.6. The van der Waals surface area contributed by atoms with E-state index >= 15 is 0 Å². The van der Waals surface area contributed by atoms with Crippen LogP contribution >= 0.6 is 0 Å². The molecule has 0 fully saturated rings. The van der Waals surface area contributed by atoms with Crippen molar-refractivity contribution in [2.45, 2.75) is 6.42 Å². The van der Waals surface area contributed by atoms with Gasteiger partial charge in [0.05, 0.1) is 12.1 Å². The van der Waals surface area contributed by atoms with Crippen LogP contribution in [0, 0.1) is 0 Å². The summed E-state index contributed by atoms with van der Waals surface area (Å²) in [6.45, 7) is 3.99. The fourth-order valence-corrected chi connectivity index (χ4v) is 1.67. The van der Waals surface area contributed by atoms with Crippen molar-refractivity contribution >= 4 is 5.78 Å². The van der Waals surface area contributed by atoms with Crippen molar-refractivity contribution in [1.82, 2.24) is 4.98 Å². The number of Topliss-reactive ketones (excluding diaryl/α,β-unsaturated/α-hetero) is 1. The first kappa shape index (κ1) is 13.0. The van der Waals surface area contributed by atoms with Crippen LogP contribution in [-0.4, -0.2) is 17.4 Å². The molecule has 0 spiro atoms. The third kappa shape index (κ3) is 3.78. The van der Waals surface area contributed by atoms with E-state index in [0.717, 1.165) is 0 Å². The van der Waals surface area contributed by atoms with Crippen molar-refractivity contribution in [3.63, 3.8) is 0 Å². The molecular formula is C16H15NO2. The van der Waals surface area contributed by atoms with E-state index in [1.165, 1.54) is 0 Å². The SMILES string of the molecule is C=CCOc1cccc(CC(=O)c2ccccc2)n1. The molecule has 3 nitrogen and oxygen atoms in total. The minimum atomic E-state index is 0.0500. The Labute approximate surface area is 112 Å². The second-order valence-electron chi connectivity index (χ2n) is 4.03. The molecule has 0 bridgehead atoms. The second kappa shape index (κ2) is 6.50. The Morgan fingerprint density at radius 3 is 2.68 bits per heavy atom. The van der Waals surface area contributed by atoms with Gasteiger partial charge < -0.3 is 4.74 Å². The topological polar surface area (TPSA) is 39.2 Å². The Kier molecular flexibility index (Phi) is 4.45. The monoisotopic (exact) mass is 253 g/mol. The van der Waals surface area contributed by atoms with Crippen molar-refractivity contribution in [1.29, 1.82) is 0 Å². The number of hydrogen-bond acceptors (Lipinski definition) is 3. The lowest BCUT2D eigenvalue weighted by Crippen LogP contribution is -2.06. The highest BCUT2D eigenvalue weighted by molar-refractivity contribution is 5.97. The van der Waals surface area contributed by atoms with Gasteiger partial charge in [-0.2, -0.15) is 0 Å². The van der Waals surface area contributed by atoms with Crippen LogP contribution in [0.3, 0.4) is 0 Å². The number of pyridine rings is 1. The Morgan fingerprint density at radius 1 is 1.16 bits per heavy atom. The summed E-state index contributed by atoms with van der Waals surface area (Å²) < 4.78 is 5.34. The zero-order valence-corrected chi connectivity index (χ0v) is 10.6. The average molecular weight is 253 g/mol. The first-order chi connectivity index (χ1) is 9.29. The van der Waals surface area contributed by atoms with E-state index in [2.05, 4.69) is 11.6 Å². The van der Waals surface area contributed by atoms with Crippen LogP contribution in [0.5, 0.6) is 5.88 Å². The Balaban J connectivity index is 2.06. The Morgan fingerprint density at radius 2 is 1.95 bits per heavy atom. The molecule has 0 radical (unpaired) electrons. The molecule has 0 amide bonds. The first-order valence-electron chi connectivity index (χ1n) is 6.07. The van der Waals surface area contributed by atoms with Gasteiger partial charge in [0, 0.05) is 11.6 Å². The molecular weight excluding hydrogens is 238 g/mol. The fourth-order valence-electron chi connectivity index (χ4n) is 1.67. The maximum atomic E-state index is 12.0. The number of rotatable bonds is 6. The number of nitrogens with zero attached hydrogens (tertiary/aromatic N) is 1. The van der Waals surface area contributed by atoms with Crippen molar-refractivity contribution in [3.05, 3.63) is 72.4 Å². The van der Waals surface area contributed by atoms with Gasteiger partial charge >= 0.3 is 0 Å². The molecule has 2 rings (SSSR count). The van der Waals surface area contributed by atoms with Gasteiger partial charge in [-0.1, -0.05) is 49.1 Å². The molecule has 0 atom stereocenters. The summed E-state index contributed by atoms with van der Waals surface area (Å²) in [7, 11) is 0. The van der Waals surface area contributed by atoms with Crippen molar-refractivity contribution < 1.29 is 9.53 Å². The molecule has 0 N–H and O–H groups in total. The van der Waals surface area contributed by atoms with E-state index in [1.807, 2.05) is 30.3 Å². The molecule has 1 aromatic carbocycles. The van der Waals surface area contributed by atoms with Gasteiger partial charge in [-0.3, -0.25) is 4.79 Å². The highest BCUT2D eigenvalue weighted by atomic mass is 16.5. The molecule has 19 heavy (non-hydrogen) atoms. The zero-order valence-electron chi connectivity index (χ0n) is 10.6. The van der Waals surface area contributed by atoms with Crippen molar-refractivity contribution in [3.8, 4) is 5.88 Å². The van der Waals surface area contributed by atoms with Gasteiger partial charge in [0.15, 0.2) is 5.78 Å². The molecule has 1 heterocycles. The third-order valence-corrected chi connectivity index (χ3v) is 2.57. The third-order valence-electron chi connectivity index (χ3n) is 2.57. The molecule has 96 valence electrons. The molecule has 3 heteroatoms. The van der Waals surface area contributed by atoms with Crippen LogP contribution in [0.15, 0.2) is 61.2 Å². The highest BCUT2D eigenvalue weighted by Crippen LogP contribution is 2.10. The minimum absolute atomic E-state index is 0.0500. The number of benzene rings is 1. The number of carbonyl (C=O) groups excluding carboxylic acids is 1. The lowest BCUT2D eigenvalue weighted by molar-refractivity contribution is 0.0992. The summed E-state index contributed by atoms with van der Waals surface area (Å²) in [5.74, 6) is 0.562. The lowest BCUT2D eigenvalue weighted by Gasteiger charge is -2.05. The normalized spacial score (nSPS) is 9.89. The molecule has 2 aromatic rings. The second-order valence-corrected chi connectivity index (χ2v) is 4.03. The molecule has 0 aliphatic rings. The van der Waals surface area contributed by atoms with Crippen LogP contribution in [-0.2, 0) is 6.42 Å². The van der Waals surface area contributed by atoms with Crippen molar-refractivity contribution in [2.75, 3.05) is 6.61 Å². The fraction of sp³-hybridized carbons (Fsp3) is 0.125. The number of carbonyl (C=O) groups is 1. The van der Waals surface area contributed by atoms with E-state index in [0.29, 0.717) is 23.7 Å². The van der Waals surface area contributed by atoms with Gasteiger partial charge in [0.25, 0.3) is 0 Å². The molecule has 0 saturated heterocycles. The number of ketones is 1. The largest absolute Gasteiger partial charge is 0.473 e. The smallest absolute Gasteiger partial charge is 0.213 e. The zero-order chi connectivity index (χ0) is 13.5. The highest BCUT2D eigenvalue weighted by Gasteiger charge is 2.08. The predicted molar refractivity (Wildman–Crippen MR) is 74.4 cm³/mol. The lowest BCUT2D eigenvalue weighted by atomic mass is 10.1. The molecule has 0 aliphatic heterocycles. The minimum Gasteiger partial charge on any atom is -0.473 e. The Hall–Kier alpha value is -2.42. The molecule has 1 aromatic heterocycles. The number of ether oxygens (including phenoxy) is 1.